The lowest BCUT2D eigenvalue weighted by molar-refractivity contribution is -0.0573. The van der Waals surface area contributed by atoms with Gasteiger partial charge in [0.25, 0.3) is 12.4 Å². The van der Waals surface area contributed by atoms with E-state index in [-0.39, 0.29) is 23.5 Å². The van der Waals surface area contributed by atoms with Crippen molar-refractivity contribution >= 4 is 11.8 Å². The zero-order chi connectivity index (χ0) is 22.1. The van der Waals surface area contributed by atoms with Crippen molar-refractivity contribution in [2.24, 2.45) is 16.6 Å². The standard InChI is InChI=1S/C21H19F3N4O2/c1-11-18(19(23)24)30-20(26)28-21(11,2)14-7-12(3-5-15(14)22)8-17(29)16-6-4-13(9-25)10-27-16/h3-7,10-11,18-19H,8H2,1-2H3,(H2,26,28)/t11-,18-,21-/m0/s1. The highest BCUT2D eigenvalue weighted by molar-refractivity contribution is 5.95. The molecule has 0 saturated heterocycles. The Hall–Kier alpha value is -3.41. The molecule has 1 aromatic heterocycles. The van der Waals surface area contributed by atoms with Crippen LogP contribution in [0.5, 0.6) is 0 Å². The molecule has 9 heteroatoms. The van der Waals surface area contributed by atoms with Gasteiger partial charge in [-0.3, -0.25) is 9.78 Å². The molecular weight excluding hydrogens is 397 g/mol. The fourth-order valence-corrected chi connectivity index (χ4v) is 3.46. The highest BCUT2D eigenvalue weighted by Gasteiger charge is 2.47. The summed E-state index contributed by atoms with van der Waals surface area (Å²) in [6, 6.07) is 8.42. The van der Waals surface area contributed by atoms with Gasteiger partial charge in [0, 0.05) is 24.1 Å². The number of ketones is 1. The molecule has 0 bridgehead atoms. The number of Topliss-reactive ketones (excluding diaryl/α,β-unsaturated/α-hetero) is 1. The normalized spacial score (nSPS) is 23.4. The largest absolute Gasteiger partial charge is 0.456 e. The third-order valence-corrected chi connectivity index (χ3v) is 5.35. The van der Waals surface area contributed by atoms with Gasteiger partial charge in [-0.1, -0.05) is 13.0 Å². The van der Waals surface area contributed by atoms with Gasteiger partial charge in [0.1, 0.15) is 17.6 Å². The van der Waals surface area contributed by atoms with Crippen molar-refractivity contribution < 1.29 is 22.7 Å². The number of hydrogen-bond donors (Lipinski definition) is 1. The number of amidine groups is 1. The van der Waals surface area contributed by atoms with Crippen LogP contribution in [0.2, 0.25) is 0 Å². The monoisotopic (exact) mass is 416 g/mol. The maximum absolute atomic E-state index is 14.7. The van der Waals surface area contributed by atoms with Gasteiger partial charge in [0.15, 0.2) is 11.9 Å². The summed E-state index contributed by atoms with van der Waals surface area (Å²) in [5.41, 5.74) is 5.18. The van der Waals surface area contributed by atoms with Gasteiger partial charge in [-0.05, 0) is 36.8 Å². The number of alkyl halides is 2. The topological polar surface area (TPSA) is 101 Å². The molecule has 1 aliphatic heterocycles. The predicted molar refractivity (Wildman–Crippen MR) is 102 cm³/mol. The highest BCUT2D eigenvalue weighted by Crippen LogP contribution is 2.42. The van der Waals surface area contributed by atoms with E-state index in [4.69, 9.17) is 15.7 Å². The second-order valence-electron chi connectivity index (χ2n) is 7.26. The molecule has 30 heavy (non-hydrogen) atoms. The molecule has 0 spiro atoms. The first-order valence-electron chi connectivity index (χ1n) is 9.14. The summed E-state index contributed by atoms with van der Waals surface area (Å²) in [6.07, 6.45) is -3.18. The zero-order valence-corrected chi connectivity index (χ0v) is 16.3. The van der Waals surface area contributed by atoms with Crippen molar-refractivity contribution in [2.75, 3.05) is 0 Å². The zero-order valence-electron chi connectivity index (χ0n) is 16.3. The first-order chi connectivity index (χ1) is 14.2. The van der Waals surface area contributed by atoms with Crippen LogP contribution in [0.25, 0.3) is 0 Å². The SMILES string of the molecule is C[C@H]1[C@@H](C(F)F)OC(N)=N[C@]1(C)c1cc(CC(=O)c2ccc(C#N)cn2)ccc1F. The lowest BCUT2D eigenvalue weighted by atomic mass is 9.76. The molecule has 1 aliphatic rings. The number of ether oxygens (including phenoxy) is 1. The Morgan fingerprint density at radius 3 is 2.70 bits per heavy atom. The molecule has 0 amide bonds. The summed E-state index contributed by atoms with van der Waals surface area (Å²) in [7, 11) is 0. The smallest absolute Gasteiger partial charge is 0.283 e. The summed E-state index contributed by atoms with van der Waals surface area (Å²) in [4.78, 5) is 20.6. The molecule has 1 aromatic carbocycles. The number of nitriles is 1. The molecule has 2 heterocycles. The molecule has 3 rings (SSSR count). The molecule has 3 atom stereocenters. The van der Waals surface area contributed by atoms with Crippen LogP contribution in [0.15, 0.2) is 41.5 Å². The Balaban J connectivity index is 1.94. The second kappa shape index (κ2) is 8.14. The minimum atomic E-state index is -2.83. The van der Waals surface area contributed by atoms with E-state index in [0.717, 1.165) is 0 Å². The van der Waals surface area contributed by atoms with E-state index in [1.807, 2.05) is 6.07 Å². The van der Waals surface area contributed by atoms with Gasteiger partial charge in [0.05, 0.1) is 11.1 Å². The number of nitrogens with zero attached hydrogens (tertiary/aromatic N) is 3. The number of rotatable bonds is 5. The number of halogens is 3. The van der Waals surface area contributed by atoms with E-state index in [0.29, 0.717) is 11.1 Å². The third kappa shape index (κ3) is 3.99. The average Bonchev–Trinajstić information content (AvgIpc) is 2.71. The minimum absolute atomic E-state index is 0.0463. The molecule has 156 valence electrons. The predicted octanol–water partition coefficient (Wildman–Crippen LogP) is 3.35. The van der Waals surface area contributed by atoms with Crippen LogP contribution in [-0.2, 0) is 16.7 Å². The molecule has 2 N–H and O–H groups in total. The minimum Gasteiger partial charge on any atom is -0.456 e. The van der Waals surface area contributed by atoms with Gasteiger partial charge in [-0.2, -0.15) is 5.26 Å². The van der Waals surface area contributed by atoms with Gasteiger partial charge in [-0.15, -0.1) is 0 Å². The summed E-state index contributed by atoms with van der Waals surface area (Å²) in [5, 5.41) is 8.81. The van der Waals surface area contributed by atoms with Crippen LogP contribution in [-0.4, -0.2) is 29.3 Å². The van der Waals surface area contributed by atoms with Crippen LogP contribution in [0, 0.1) is 23.1 Å². The van der Waals surface area contributed by atoms with E-state index in [9.17, 15) is 18.0 Å². The fraction of sp³-hybridized carbons (Fsp3) is 0.333. The molecule has 6 nitrogen and oxygen atoms in total. The molecule has 0 radical (unpaired) electrons. The van der Waals surface area contributed by atoms with E-state index < -0.39 is 35.8 Å². The number of pyridine rings is 1. The first kappa shape index (κ1) is 21.3. The molecule has 0 unspecified atom stereocenters. The molecule has 0 saturated carbocycles. The van der Waals surface area contributed by atoms with Crippen molar-refractivity contribution in [1.29, 1.82) is 5.26 Å². The van der Waals surface area contributed by atoms with Crippen LogP contribution >= 0.6 is 0 Å². The molecule has 0 aliphatic carbocycles. The van der Waals surface area contributed by atoms with Gasteiger partial charge in [0.2, 0.25) is 0 Å². The molecular formula is C21H19F3N4O2. The maximum Gasteiger partial charge on any atom is 0.283 e. The van der Waals surface area contributed by atoms with Gasteiger partial charge >= 0.3 is 0 Å². The van der Waals surface area contributed by atoms with E-state index in [1.54, 1.807) is 0 Å². The van der Waals surface area contributed by atoms with Crippen LogP contribution in [0.1, 0.15) is 41.0 Å². The highest BCUT2D eigenvalue weighted by atomic mass is 19.3. The third-order valence-electron chi connectivity index (χ3n) is 5.35. The van der Waals surface area contributed by atoms with Crippen molar-refractivity contribution in [3.05, 3.63) is 64.7 Å². The number of carbonyl (C=O) groups is 1. The Morgan fingerprint density at radius 1 is 1.37 bits per heavy atom. The van der Waals surface area contributed by atoms with E-state index in [2.05, 4.69) is 9.98 Å². The van der Waals surface area contributed by atoms with Crippen LogP contribution < -0.4 is 5.73 Å². The van der Waals surface area contributed by atoms with Gasteiger partial charge in [-0.25, -0.2) is 18.2 Å². The van der Waals surface area contributed by atoms with Crippen molar-refractivity contribution in [3.63, 3.8) is 0 Å². The number of nitrogens with two attached hydrogens (primary N) is 1. The maximum atomic E-state index is 14.7. The van der Waals surface area contributed by atoms with Gasteiger partial charge < -0.3 is 10.5 Å². The van der Waals surface area contributed by atoms with Crippen LogP contribution in [0.3, 0.4) is 0 Å². The summed E-state index contributed by atoms with van der Waals surface area (Å²) in [6.45, 7) is 3.00. The fourth-order valence-electron chi connectivity index (χ4n) is 3.46. The van der Waals surface area contributed by atoms with E-state index >= 15 is 0 Å². The molecule has 0 fully saturated rings. The number of carbonyl (C=O) groups excluding carboxylic acids is 1. The first-order valence-corrected chi connectivity index (χ1v) is 9.14. The average molecular weight is 416 g/mol. The lowest BCUT2D eigenvalue weighted by Gasteiger charge is -2.40. The Kier molecular flexibility index (Phi) is 5.78. The van der Waals surface area contributed by atoms with Crippen molar-refractivity contribution in [2.45, 2.75) is 38.3 Å². The van der Waals surface area contributed by atoms with Crippen LogP contribution in [0.4, 0.5) is 13.2 Å². The number of aliphatic imine (C=N–C) groups is 1. The lowest BCUT2D eigenvalue weighted by Crippen LogP contribution is -2.49. The number of hydrogen-bond acceptors (Lipinski definition) is 6. The summed E-state index contributed by atoms with van der Waals surface area (Å²) < 4.78 is 46.5. The van der Waals surface area contributed by atoms with E-state index in [1.165, 1.54) is 50.4 Å². The quantitative estimate of drug-likeness (QED) is 0.754. The summed E-state index contributed by atoms with van der Waals surface area (Å²) >= 11 is 0. The molecule has 2 aromatic rings. The summed E-state index contributed by atoms with van der Waals surface area (Å²) in [5.74, 6) is -1.87. The Morgan fingerprint density at radius 2 is 2.10 bits per heavy atom. The van der Waals surface area contributed by atoms with Crippen molar-refractivity contribution in [1.82, 2.24) is 4.98 Å². The second-order valence-corrected chi connectivity index (χ2v) is 7.26. The van der Waals surface area contributed by atoms with Crippen molar-refractivity contribution in [3.8, 4) is 6.07 Å². The number of aromatic nitrogens is 1. The Labute approximate surface area is 171 Å². The Bertz CT molecular complexity index is 1030. The number of benzene rings is 1.